The third kappa shape index (κ3) is 2.82. The Morgan fingerprint density at radius 3 is 2.67 bits per heavy atom. The molecule has 2 aromatic rings. The van der Waals surface area contributed by atoms with Crippen LogP contribution in [0.1, 0.15) is 28.7 Å². The van der Waals surface area contributed by atoms with E-state index in [1.165, 1.54) is 0 Å². The molecule has 0 fully saturated rings. The number of hydrogen-bond donors (Lipinski definition) is 1. The fourth-order valence-corrected chi connectivity index (χ4v) is 1.41. The molecular formula is C13H13N3O2. The normalized spacial score (nSPS) is 11.3. The first-order chi connectivity index (χ1) is 8.66. The second-order valence-electron chi connectivity index (χ2n) is 3.83. The molecule has 2 rings (SSSR count). The molecule has 0 saturated heterocycles. The summed E-state index contributed by atoms with van der Waals surface area (Å²) in [7, 11) is 0. The van der Waals surface area contributed by atoms with Gasteiger partial charge in [-0.25, -0.2) is 5.43 Å². The van der Waals surface area contributed by atoms with Crippen LogP contribution in [0.25, 0.3) is 0 Å². The Bertz CT molecular complexity index is 573. The molecule has 0 radical (unpaired) electrons. The van der Waals surface area contributed by atoms with E-state index in [1.54, 1.807) is 13.0 Å². The van der Waals surface area contributed by atoms with E-state index in [0.29, 0.717) is 5.76 Å². The van der Waals surface area contributed by atoms with Gasteiger partial charge in [-0.3, -0.25) is 4.79 Å². The van der Waals surface area contributed by atoms with E-state index >= 15 is 0 Å². The summed E-state index contributed by atoms with van der Waals surface area (Å²) in [5.41, 5.74) is 4.34. The lowest BCUT2D eigenvalue weighted by Crippen LogP contribution is -2.19. The molecule has 5 nitrogen and oxygen atoms in total. The van der Waals surface area contributed by atoms with Crippen LogP contribution in [0.2, 0.25) is 0 Å². The van der Waals surface area contributed by atoms with Crippen molar-refractivity contribution in [1.29, 1.82) is 0 Å². The minimum Gasteiger partial charge on any atom is -0.361 e. The van der Waals surface area contributed by atoms with Gasteiger partial charge in [0.25, 0.3) is 5.91 Å². The number of benzene rings is 1. The number of nitrogens with zero attached hydrogens (tertiary/aromatic N) is 2. The molecule has 0 saturated carbocycles. The van der Waals surface area contributed by atoms with E-state index in [-0.39, 0.29) is 11.6 Å². The largest absolute Gasteiger partial charge is 0.361 e. The number of carbonyl (C=O) groups excluding carboxylic acids is 1. The van der Waals surface area contributed by atoms with E-state index in [0.717, 1.165) is 11.3 Å². The average Bonchev–Trinajstić information content (AvgIpc) is 2.83. The summed E-state index contributed by atoms with van der Waals surface area (Å²) in [4.78, 5) is 11.7. The van der Waals surface area contributed by atoms with Gasteiger partial charge in [-0.2, -0.15) is 5.10 Å². The Hall–Kier alpha value is -2.43. The predicted octanol–water partition coefficient (Wildman–Crippen LogP) is 2.14. The molecule has 0 spiro atoms. The van der Waals surface area contributed by atoms with Gasteiger partial charge >= 0.3 is 0 Å². The Morgan fingerprint density at radius 2 is 2.06 bits per heavy atom. The predicted molar refractivity (Wildman–Crippen MR) is 67.4 cm³/mol. The number of hydrogen-bond acceptors (Lipinski definition) is 4. The van der Waals surface area contributed by atoms with Crippen molar-refractivity contribution in [1.82, 2.24) is 10.6 Å². The maximum Gasteiger partial charge on any atom is 0.293 e. The van der Waals surface area contributed by atoms with E-state index in [4.69, 9.17) is 4.52 Å². The van der Waals surface area contributed by atoms with E-state index in [1.807, 2.05) is 37.3 Å². The van der Waals surface area contributed by atoms with Crippen LogP contribution in [0.5, 0.6) is 0 Å². The molecular weight excluding hydrogens is 230 g/mol. The summed E-state index contributed by atoms with van der Waals surface area (Å²) >= 11 is 0. The molecule has 1 amide bonds. The van der Waals surface area contributed by atoms with E-state index in [2.05, 4.69) is 15.7 Å². The molecule has 0 aliphatic heterocycles. The highest BCUT2D eigenvalue weighted by Crippen LogP contribution is 2.02. The average molecular weight is 243 g/mol. The maximum atomic E-state index is 11.7. The van der Waals surface area contributed by atoms with Gasteiger partial charge in [0.15, 0.2) is 5.69 Å². The van der Waals surface area contributed by atoms with Gasteiger partial charge in [0.05, 0.1) is 5.71 Å². The van der Waals surface area contributed by atoms with Crippen LogP contribution >= 0.6 is 0 Å². The van der Waals surface area contributed by atoms with Crippen LogP contribution in [0.15, 0.2) is 46.0 Å². The highest BCUT2D eigenvalue weighted by molar-refractivity contribution is 6.00. The Kier molecular flexibility index (Phi) is 3.52. The van der Waals surface area contributed by atoms with Crippen molar-refractivity contribution < 1.29 is 9.32 Å². The molecule has 0 bridgehead atoms. The van der Waals surface area contributed by atoms with Crippen molar-refractivity contribution in [3.8, 4) is 0 Å². The Balaban J connectivity index is 2.05. The third-order valence-corrected chi connectivity index (χ3v) is 2.38. The van der Waals surface area contributed by atoms with Crippen LogP contribution in [-0.4, -0.2) is 16.8 Å². The SMILES string of the molecule is CC(=NNC(=O)c1cc(C)on1)c1ccccc1. The van der Waals surface area contributed by atoms with Crippen LogP contribution in [0.3, 0.4) is 0 Å². The Labute approximate surface area is 104 Å². The number of amides is 1. The maximum absolute atomic E-state index is 11.7. The van der Waals surface area contributed by atoms with Gasteiger partial charge in [-0.05, 0) is 19.4 Å². The van der Waals surface area contributed by atoms with Gasteiger partial charge in [-0.1, -0.05) is 35.5 Å². The number of hydrazone groups is 1. The third-order valence-electron chi connectivity index (χ3n) is 2.38. The molecule has 18 heavy (non-hydrogen) atoms. The van der Waals surface area contributed by atoms with E-state index in [9.17, 15) is 4.79 Å². The van der Waals surface area contributed by atoms with Gasteiger partial charge in [0.1, 0.15) is 5.76 Å². The zero-order valence-electron chi connectivity index (χ0n) is 10.2. The first kappa shape index (κ1) is 12.0. The van der Waals surface area contributed by atoms with Gasteiger partial charge < -0.3 is 4.52 Å². The Morgan fingerprint density at radius 1 is 1.33 bits per heavy atom. The molecule has 0 atom stereocenters. The summed E-state index contributed by atoms with van der Waals surface area (Å²) in [6.07, 6.45) is 0. The first-order valence-electron chi connectivity index (χ1n) is 5.50. The molecule has 1 aromatic heterocycles. The lowest BCUT2D eigenvalue weighted by Gasteiger charge is -2.00. The van der Waals surface area contributed by atoms with Gasteiger partial charge in [0.2, 0.25) is 0 Å². The first-order valence-corrected chi connectivity index (χ1v) is 5.50. The number of carbonyl (C=O) groups is 1. The van der Waals surface area contributed by atoms with Crippen LogP contribution < -0.4 is 5.43 Å². The summed E-state index contributed by atoms with van der Waals surface area (Å²) in [6, 6.07) is 11.2. The number of aromatic nitrogens is 1. The summed E-state index contributed by atoms with van der Waals surface area (Å²) in [5, 5.41) is 7.63. The molecule has 1 heterocycles. The van der Waals surface area contributed by atoms with Crippen molar-refractivity contribution in [2.45, 2.75) is 13.8 Å². The van der Waals surface area contributed by atoms with Crippen molar-refractivity contribution in [2.24, 2.45) is 5.10 Å². The monoisotopic (exact) mass is 243 g/mol. The van der Waals surface area contributed by atoms with Gasteiger partial charge in [0, 0.05) is 6.07 Å². The number of rotatable bonds is 3. The standard InChI is InChI=1S/C13H13N3O2/c1-9-8-12(16-18-9)13(17)15-14-10(2)11-6-4-3-5-7-11/h3-8H,1-2H3,(H,15,17). The van der Waals surface area contributed by atoms with Crippen LogP contribution in [0, 0.1) is 6.92 Å². The molecule has 1 N–H and O–H groups in total. The number of aryl methyl sites for hydroxylation is 1. The molecule has 0 unspecified atom stereocenters. The highest BCUT2D eigenvalue weighted by Gasteiger charge is 2.09. The molecule has 92 valence electrons. The second-order valence-corrected chi connectivity index (χ2v) is 3.83. The quantitative estimate of drug-likeness (QED) is 0.663. The highest BCUT2D eigenvalue weighted by atomic mass is 16.5. The van der Waals surface area contributed by atoms with E-state index < -0.39 is 0 Å². The molecule has 0 aliphatic carbocycles. The van der Waals surface area contributed by atoms with Crippen molar-refractivity contribution >= 4 is 11.6 Å². The summed E-state index contributed by atoms with van der Waals surface area (Å²) in [6.45, 7) is 3.55. The number of nitrogens with one attached hydrogen (secondary N) is 1. The minimum atomic E-state index is -0.387. The summed E-state index contributed by atoms with van der Waals surface area (Å²) < 4.78 is 4.82. The second kappa shape index (κ2) is 5.27. The lowest BCUT2D eigenvalue weighted by molar-refractivity contribution is 0.0946. The van der Waals surface area contributed by atoms with Crippen molar-refractivity contribution in [3.63, 3.8) is 0 Å². The van der Waals surface area contributed by atoms with Crippen molar-refractivity contribution in [2.75, 3.05) is 0 Å². The molecule has 5 heteroatoms. The fraction of sp³-hybridized carbons (Fsp3) is 0.154. The zero-order chi connectivity index (χ0) is 13.0. The van der Waals surface area contributed by atoms with Crippen LogP contribution in [-0.2, 0) is 0 Å². The lowest BCUT2D eigenvalue weighted by atomic mass is 10.1. The smallest absolute Gasteiger partial charge is 0.293 e. The summed E-state index contributed by atoms with van der Waals surface area (Å²) in [5.74, 6) is 0.200. The zero-order valence-corrected chi connectivity index (χ0v) is 10.2. The fourth-order valence-electron chi connectivity index (χ4n) is 1.41. The molecule has 1 aromatic carbocycles. The van der Waals surface area contributed by atoms with Crippen LogP contribution in [0.4, 0.5) is 0 Å². The minimum absolute atomic E-state index is 0.220. The van der Waals surface area contributed by atoms with Crippen molar-refractivity contribution in [3.05, 3.63) is 53.4 Å². The topological polar surface area (TPSA) is 67.5 Å². The molecule has 0 aliphatic rings. The van der Waals surface area contributed by atoms with Gasteiger partial charge in [-0.15, -0.1) is 0 Å².